The molecule has 0 bridgehead atoms. The second-order valence-corrected chi connectivity index (χ2v) is 9.20. The Morgan fingerprint density at radius 3 is 2.17 bits per heavy atom. The molecule has 0 aliphatic carbocycles. The molecule has 0 saturated heterocycles. The van der Waals surface area contributed by atoms with Crippen molar-refractivity contribution in [3.63, 3.8) is 0 Å². The molecule has 208 valence electrons. The molecule has 0 atom stereocenters. The maximum absolute atomic E-state index is 13.6. The third-order valence-corrected chi connectivity index (χ3v) is 6.76. The lowest BCUT2D eigenvalue weighted by molar-refractivity contribution is 0.0681. The lowest BCUT2D eigenvalue weighted by Gasteiger charge is -2.23. The number of carbonyl (C=O) groups is 4. The van der Waals surface area contributed by atoms with Gasteiger partial charge in [-0.2, -0.15) is 0 Å². The average Bonchev–Trinajstić information content (AvgIpc) is 2.88. The van der Waals surface area contributed by atoms with Crippen LogP contribution in [0.5, 0.6) is 23.0 Å². The first-order chi connectivity index (χ1) is 19.2. The van der Waals surface area contributed by atoms with Crippen LogP contribution < -0.4 is 10.2 Å². The Bertz CT molecular complexity index is 2010. The third-order valence-electron chi connectivity index (χ3n) is 6.76. The lowest BCUT2D eigenvalue weighted by atomic mass is 9.89. The average molecular weight is 562 g/mol. The highest BCUT2D eigenvalue weighted by molar-refractivity contribution is 6.21. The number of aliphatic hydroxyl groups excluding tert-OH is 1. The summed E-state index contributed by atoms with van der Waals surface area (Å²) in [6.45, 7) is 1.90. The van der Waals surface area contributed by atoms with Crippen molar-refractivity contribution in [3.05, 3.63) is 73.4 Å². The molecule has 1 aromatic heterocycles. The van der Waals surface area contributed by atoms with Crippen molar-refractivity contribution >= 4 is 51.2 Å². The molecule has 4 aromatic rings. The highest BCUT2D eigenvalue weighted by Crippen LogP contribution is 2.42. The quantitative estimate of drug-likeness (QED) is 0.0688. The van der Waals surface area contributed by atoms with Gasteiger partial charge < -0.3 is 39.8 Å². The number of rotatable bonds is 4. The van der Waals surface area contributed by atoms with E-state index in [1.165, 1.54) is 6.92 Å². The van der Waals surface area contributed by atoms with Crippen LogP contribution >= 0.6 is 0 Å². The number of phenols is 3. The zero-order valence-electron chi connectivity index (χ0n) is 21.1. The van der Waals surface area contributed by atoms with Crippen molar-refractivity contribution in [3.8, 4) is 23.0 Å². The molecule has 0 saturated carbocycles. The van der Waals surface area contributed by atoms with Crippen LogP contribution in [0.15, 0.2) is 39.1 Å². The number of aromatic carboxylic acids is 2. The van der Waals surface area contributed by atoms with E-state index >= 15 is 0 Å². The second kappa shape index (κ2) is 9.12. The van der Waals surface area contributed by atoms with Crippen molar-refractivity contribution in [2.24, 2.45) is 0 Å². The Balaban J connectivity index is 1.85. The summed E-state index contributed by atoms with van der Waals surface area (Å²) in [6.07, 6.45) is 0. The maximum atomic E-state index is 13.6. The Hall–Kier alpha value is -5.85. The van der Waals surface area contributed by atoms with Gasteiger partial charge in [0.15, 0.2) is 17.3 Å². The Labute approximate surface area is 227 Å². The number of phenolic OH excluding ortho intramolecular Hbond substituents is 2. The topological polar surface area (TPSA) is 229 Å². The highest BCUT2D eigenvalue weighted by atomic mass is 16.5. The van der Waals surface area contributed by atoms with E-state index in [0.29, 0.717) is 0 Å². The lowest BCUT2D eigenvalue weighted by Crippen LogP contribution is -2.24. The number of carboxylic acids is 2. The first-order valence-corrected chi connectivity index (χ1v) is 11.7. The fraction of sp³-hybridized carbons (Fsp3) is 0.107. The van der Waals surface area contributed by atoms with Crippen LogP contribution in [0.2, 0.25) is 0 Å². The number of Topliss-reactive ketones (excluding diaryl/α,β-unsaturated/α-hetero) is 2. The van der Waals surface area contributed by atoms with E-state index in [2.05, 4.69) is 0 Å². The third kappa shape index (κ3) is 3.90. The van der Waals surface area contributed by atoms with Gasteiger partial charge in [0.25, 0.3) is 0 Å². The first kappa shape index (κ1) is 26.7. The van der Waals surface area contributed by atoms with Crippen molar-refractivity contribution < 1.29 is 59.0 Å². The van der Waals surface area contributed by atoms with Crippen LogP contribution in [0.3, 0.4) is 0 Å². The molecule has 1 aliphatic heterocycles. The standard InChI is InChI=1S/C28H18O13/c1-8-11(22(32)14-7-40-16-6-15(31)25(35)21(28(38)39)20(16)24(14)34)5-13-23(33)19-12(27(36)37)3-10(30)4-17(19)41-26(13)18(8)9(2)29/h3-6,30-32,35H,7H2,1-2H3,(H,36,37)(H,38,39)/b22-14-. The molecule has 0 spiro atoms. The second-order valence-electron chi connectivity index (χ2n) is 9.20. The molecule has 2 heterocycles. The number of fused-ring (bicyclic) bond motifs is 3. The van der Waals surface area contributed by atoms with Gasteiger partial charge in [0, 0.05) is 17.7 Å². The van der Waals surface area contributed by atoms with Crippen LogP contribution in [-0.4, -0.2) is 60.8 Å². The van der Waals surface area contributed by atoms with Crippen LogP contribution in [0, 0.1) is 6.92 Å². The predicted octanol–water partition coefficient (Wildman–Crippen LogP) is 3.51. The largest absolute Gasteiger partial charge is 0.508 e. The molecule has 13 nitrogen and oxygen atoms in total. The van der Waals surface area contributed by atoms with Crippen molar-refractivity contribution in [1.29, 1.82) is 0 Å². The Kier molecular flexibility index (Phi) is 5.95. The van der Waals surface area contributed by atoms with E-state index in [-0.39, 0.29) is 39.0 Å². The summed E-state index contributed by atoms with van der Waals surface area (Å²) >= 11 is 0. The van der Waals surface area contributed by atoms with Gasteiger partial charge in [-0.25, -0.2) is 9.59 Å². The molecule has 6 N–H and O–H groups in total. The van der Waals surface area contributed by atoms with Gasteiger partial charge in [-0.1, -0.05) is 0 Å². The maximum Gasteiger partial charge on any atom is 0.340 e. The molecule has 0 fully saturated rings. The van der Waals surface area contributed by atoms with Crippen molar-refractivity contribution in [2.45, 2.75) is 13.8 Å². The fourth-order valence-electron chi connectivity index (χ4n) is 4.92. The molecule has 1 aliphatic rings. The van der Waals surface area contributed by atoms with E-state index in [1.54, 1.807) is 0 Å². The summed E-state index contributed by atoms with van der Waals surface area (Å²) in [6, 6.07) is 3.78. The number of hydrogen-bond acceptors (Lipinski definition) is 11. The van der Waals surface area contributed by atoms with Gasteiger partial charge in [-0.3, -0.25) is 14.4 Å². The number of hydrogen-bond donors (Lipinski definition) is 6. The zero-order chi connectivity index (χ0) is 30.1. The molecule has 41 heavy (non-hydrogen) atoms. The summed E-state index contributed by atoms with van der Waals surface area (Å²) in [5.41, 5.74) is -4.55. The Morgan fingerprint density at radius 1 is 0.878 bits per heavy atom. The fourth-order valence-corrected chi connectivity index (χ4v) is 4.92. The van der Waals surface area contributed by atoms with Gasteiger partial charge in [0.2, 0.25) is 11.2 Å². The summed E-state index contributed by atoms with van der Waals surface area (Å²) in [7, 11) is 0. The van der Waals surface area contributed by atoms with Crippen LogP contribution in [0.1, 0.15) is 59.5 Å². The molecular weight excluding hydrogens is 544 g/mol. The molecule has 3 aromatic carbocycles. The van der Waals surface area contributed by atoms with E-state index in [0.717, 1.165) is 31.2 Å². The smallest absolute Gasteiger partial charge is 0.340 e. The first-order valence-electron chi connectivity index (χ1n) is 11.7. The SMILES string of the molecule is CC(=O)c1c(C)c(/C(O)=C2\COc3cc(O)c(O)c(C(=O)O)c3C2=O)cc2c(=O)c3c(C(=O)O)cc(O)cc3oc12. The van der Waals surface area contributed by atoms with E-state index in [4.69, 9.17) is 9.15 Å². The molecule has 0 amide bonds. The van der Waals surface area contributed by atoms with E-state index in [9.17, 15) is 54.6 Å². The molecule has 0 unspecified atom stereocenters. The van der Waals surface area contributed by atoms with Crippen molar-refractivity contribution in [2.75, 3.05) is 6.61 Å². The van der Waals surface area contributed by atoms with E-state index < -0.39 is 86.2 Å². The number of ether oxygens (including phenoxy) is 1. The number of ketones is 2. The van der Waals surface area contributed by atoms with Gasteiger partial charge in [0.1, 0.15) is 40.6 Å². The highest BCUT2D eigenvalue weighted by Gasteiger charge is 2.36. The van der Waals surface area contributed by atoms with Gasteiger partial charge in [-0.05, 0) is 31.5 Å². The van der Waals surface area contributed by atoms with Crippen LogP contribution in [0.25, 0.3) is 27.7 Å². The van der Waals surface area contributed by atoms with Crippen LogP contribution in [0.4, 0.5) is 0 Å². The predicted molar refractivity (Wildman–Crippen MR) is 139 cm³/mol. The summed E-state index contributed by atoms with van der Waals surface area (Å²) in [4.78, 5) is 63.3. The van der Waals surface area contributed by atoms with Gasteiger partial charge in [-0.15, -0.1) is 0 Å². The molecule has 0 radical (unpaired) electrons. The van der Waals surface area contributed by atoms with Crippen molar-refractivity contribution in [1.82, 2.24) is 0 Å². The molecule has 13 heteroatoms. The molecule has 5 rings (SSSR count). The van der Waals surface area contributed by atoms with Gasteiger partial charge >= 0.3 is 11.9 Å². The Morgan fingerprint density at radius 2 is 1.56 bits per heavy atom. The minimum absolute atomic E-state index is 0.0433. The molecular formula is C28H18O13. The summed E-state index contributed by atoms with van der Waals surface area (Å²) < 4.78 is 11.1. The summed E-state index contributed by atoms with van der Waals surface area (Å²) in [5.74, 6) is -8.63. The number of carbonyl (C=O) groups excluding carboxylic acids is 2. The van der Waals surface area contributed by atoms with Gasteiger partial charge in [0.05, 0.1) is 33.0 Å². The number of carboxylic acid groups (broad SMARTS) is 2. The van der Waals surface area contributed by atoms with E-state index in [1.807, 2.05) is 0 Å². The number of benzene rings is 3. The number of aliphatic hydroxyl groups is 1. The number of aromatic hydroxyl groups is 3. The minimum atomic E-state index is -1.77. The minimum Gasteiger partial charge on any atom is -0.508 e. The summed E-state index contributed by atoms with van der Waals surface area (Å²) in [5, 5.41) is 59.6. The van der Waals surface area contributed by atoms with Crippen LogP contribution in [-0.2, 0) is 0 Å². The normalized spacial score (nSPS) is 14.0. The zero-order valence-corrected chi connectivity index (χ0v) is 21.1. The monoisotopic (exact) mass is 562 g/mol.